The largest absolute Gasteiger partial charge is 0.478 e. The van der Waals surface area contributed by atoms with Crippen LogP contribution in [0.1, 0.15) is 15.9 Å². The molecule has 1 heterocycles. The molecule has 0 aliphatic carbocycles. The van der Waals surface area contributed by atoms with Gasteiger partial charge in [0.25, 0.3) is 10.0 Å². The van der Waals surface area contributed by atoms with Crippen LogP contribution < -0.4 is 10.5 Å². The van der Waals surface area contributed by atoms with Crippen LogP contribution in [0.5, 0.6) is 0 Å². The van der Waals surface area contributed by atoms with Crippen molar-refractivity contribution < 1.29 is 22.7 Å². The summed E-state index contributed by atoms with van der Waals surface area (Å²) in [5.41, 5.74) is 1.48. The third-order valence-corrected chi connectivity index (χ3v) is 5.14. The predicted molar refractivity (Wildman–Crippen MR) is 90.4 cm³/mol. The number of aromatic nitrogens is 1. The molecular weight excluding hydrogens is 348 g/mol. The van der Waals surface area contributed by atoms with Gasteiger partial charge in [-0.05, 0) is 42.8 Å². The lowest BCUT2D eigenvalue weighted by Gasteiger charge is -2.11. The van der Waals surface area contributed by atoms with Crippen molar-refractivity contribution in [2.24, 2.45) is 7.05 Å². The Balaban J connectivity index is 2.06. The summed E-state index contributed by atoms with van der Waals surface area (Å²) < 4.78 is 33.9. The molecule has 2 N–H and O–H groups in total. The highest BCUT2D eigenvalue weighted by molar-refractivity contribution is 7.92. The minimum atomic E-state index is -4.00. The van der Waals surface area contributed by atoms with Crippen LogP contribution in [-0.2, 0) is 17.1 Å². The van der Waals surface area contributed by atoms with Crippen molar-refractivity contribution >= 4 is 32.8 Å². The molecule has 0 bridgehead atoms. The Morgan fingerprint density at radius 3 is 2.64 bits per heavy atom. The third kappa shape index (κ3) is 3.01. The Hall–Kier alpha value is -3.07. The number of oxazole rings is 1. The van der Waals surface area contributed by atoms with E-state index in [1.807, 2.05) is 0 Å². The van der Waals surface area contributed by atoms with Crippen molar-refractivity contribution in [2.75, 3.05) is 4.72 Å². The van der Waals surface area contributed by atoms with Gasteiger partial charge in [-0.2, -0.15) is 0 Å². The first kappa shape index (κ1) is 16.8. The van der Waals surface area contributed by atoms with Crippen molar-refractivity contribution in [1.29, 1.82) is 0 Å². The summed E-state index contributed by atoms with van der Waals surface area (Å²) in [5.74, 6) is -1.77. The molecule has 0 amide bonds. The van der Waals surface area contributed by atoms with E-state index in [2.05, 4.69) is 4.72 Å². The van der Waals surface area contributed by atoms with E-state index in [1.54, 1.807) is 13.0 Å². The second-order valence-corrected chi connectivity index (χ2v) is 7.18. The van der Waals surface area contributed by atoms with Gasteiger partial charge in [0.05, 0.1) is 21.7 Å². The quantitative estimate of drug-likeness (QED) is 0.732. The molecule has 0 spiro atoms. The average Bonchev–Trinajstić information content (AvgIpc) is 2.82. The van der Waals surface area contributed by atoms with Gasteiger partial charge in [0.15, 0.2) is 5.58 Å². The zero-order valence-corrected chi connectivity index (χ0v) is 14.1. The standard InChI is InChI=1S/C16H14N2O6S/c1-9-6-14-13(18(2)16(21)24-14)8-12(9)17-25(22,23)11-5-3-4-10(7-11)15(19)20/h3-8,17H,1-2H3,(H,19,20). The van der Waals surface area contributed by atoms with E-state index in [0.29, 0.717) is 16.7 Å². The number of rotatable bonds is 4. The molecule has 0 radical (unpaired) electrons. The molecule has 0 aliphatic rings. The van der Waals surface area contributed by atoms with Gasteiger partial charge in [0, 0.05) is 7.05 Å². The predicted octanol–water partition coefficient (Wildman–Crippen LogP) is 1.94. The number of sulfonamides is 1. The molecule has 0 aliphatic heterocycles. The maximum absolute atomic E-state index is 12.6. The summed E-state index contributed by atoms with van der Waals surface area (Å²) >= 11 is 0. The Labute approximate surface area is 142 Å². The van der Waals surface area contributed by atoms with Crippen LogP contribution in [0.15, 0.2) is 50.5 Å². The molecule has 0 saturated carbocycles. The number of anilines is 1. The van der Waals surface area contributed by atoms with E-state index in [0.717, 1.165) is 6.07 Å². The molecule has 0 unspecified atom stereocenters. The third-order valence-electron chi connectivity index (χ3n) is 3.77. The van der Waals surface area contributed by atoms with Crippen LogP contribution in [0.2, 0.25) is 0 Å². The molecule has 0 saturated heterocycles. The highest BCUT2D eigenvalue weighted by Gasteiger charge is 2.18. The minimum Gasteiger partial charge on any atom is -0.478 e. The van der Waals surface area contributed by atoms with Crippen LogP contribution >= 0.6 is 0 Å². The fourth-order valence-corrected chi connectivity index (χ4v) is 3.55. The number of nitrogens with one attached hydrogen (secondary N) is 1. The Morgan fingerprint density at radius 2 is 1.96 bits per heavy atom. The number of carboxylic acid groups (broad SMARTS) is 1. The van der Waals surface area contributed by atoms with Crippen molar-refractivity contribution in [3.05, 3.63) is 58.1 Å². The monoisotopic (exact) mass is 362 g/mol. The Kier molecular flexibility index (Phi) is 3.88. The smallest absolute Gasteiger partial charge is 0.419 e. The van der Waals surface area contributed by atoms with Gasteiger partial charge in [0.1, 0.15) is 0 Å². The Morgan fingerprint density at radius 1 is 1.24 bits per heavy atom. The second-order valence-electron chi connectivity index (χ2n) is 5.50. The first-order valence-electron chi connectivity index (χ1n) is 7.15. The first-order valence-corrected chi connectivity index (χ1v) is 8.64. The van der Waals surface area contributed by atoms with Crippen LogP contribution in [0.4, 0.5) is 5.69 Å². The van der Waals surface area contributed by atoms with E-state index >= 15 is 0 Å². The van der Waals surface area contributed by atoms with Gasteiger partial charge in [-0.3, -0.25) is 9.29 Å². The van der Waals surface area contributed by atoms with Crippen molar-refractivity contribution in [1.82, 2.24) is 4.57 Å². The SMILES string of the molecule is Cc1cc2oc(=O)n(C)c2cc1NS(=O)(=O)c1cccc(C(=O)O)c1. The molecular formula is C16H14N2O6S. The van der Waals surface area contributed by atoms with Crippen molar-refractivity contribution in [3.8, 4) is 0 Å². The minimum absolute atomic E-state index is 0.132. The zero-order valence-electron chi connectivity index (χ0n) is 13.3. The summed E-state index contributed by atoms with van der Waals surface area (Å²) in [5, 5.41) is 9.00. The number of aryl methyl sites for hydroxylation is 2. The van der Waals surface area contributed by atoms with Gasteiger partial charge in [-0.25, -0.2) is 18.0 Å². The number of hydrogen-bond acceptors (Lipinski definition) is 5. The number of hydrogen-bond donors (Lipinski definition) is 2. The highest BCUT2D eigenvalue weighted by atomic mass is 32.2. The molecule has 3 aromatic rings. The van der Waals surface area contributed by atoms with Crippen LogP contribution in [0.3, 0.4) is 0 Å². The van der Waals surface area contributed by atoms with Crippen LogP contribution in [0, 0.1) is 6.92 Å². The lowest BCUT2D eigenvalue weighted by Crippen LogP contribution is -2.15. The highest BCUT2D eigenvalue weighted by Crippen LogP contribution is 2.25. The fourth-order valence-electron chi connectivity index (χ4n) is 2.38. The van der Waals surface area contributed by atoms with E-state index < -0.39 is 21.7 Å². The van der Waals surface area contributed by atoms with Gasteiger partial charge in [-0.15, -0.1) is 0 Å². The molecule has 1 aromatic heterocycles. The molecule has 2 aromatic carbocycles. The van der Waals surface area contributed by atoms with Gasteiger partial charge in [-0.1, -0.05) is 6.07 Å². The number of carbonyl (C=O) groups is 1. The number of carboxylic acids is 1. The van der Waals surface area contributed by atoms with E-state index in [-0.39, 0.29) is 16.1 Å². The normalized spacial score (nSPS) is 11.6. The fraction of sp³-hybridized carbons (Fsp3) is 0.125. The number of benzene rings is 2. The van der Waals surface area contributed by atoms with Gasteiger partial charge in [0.2, 0.25) is 0 Å². The summed E-state index contributed by atoms with van der Waals surface area (Å²) in [6, 6.07) is 8.09. The lowest BCUT2D eigenvalue weighted by atomic mass is 10.2. The Bertz CT molecular complexity index is 1160. The molecule has 8 nitrogen and oxygen atoms in total. The van der Waals surface area contributed by atoms with Crippen LogP contribution in [0.25, 0.3) is 11.1 Å². The average molecular weight is 362 g/mol. The summed E-state index contributed by atoms with van der Waals surface area (Å²) in [7, 11) is -2.49. The zero-order chi connectivity index (χ0) is 18.4. The second kappa shape index (κ2) is 5.78. The van der Waals surface area contributed by atoms with E-state index in [4.69, 9.17) is 9.52 Å². The molecule has 130 valence electrons. The summed E-state index contributed by atoms with van der Waals surface area (Å²) in [4.78, 5) is 22.4. The lowest BCUT2D eigenvalue weighted by molar-refractivity contribution is 0.0696. The van der Waals surface area contributed by atoms with E-state index in [1.165, 1.54) is 35.9 Å². The van der Waals surface area contributed by atoms with Gasteiger partial charge >= 0.3 is 11.7 Å². The van der Waals surface area contributed by atoms with Crippen molar-refractivity contribution in [3.63, 3.8) is 0 Å². The van der Waals surface area contributed by atoms with Crippen molar-refractivity contribution in [2.45, 2.75) is 11.8 Å². The molecule has 0 atom stereocenters. The van der Waals surface area contributed by atoms with Gasteiger partial charge < -0.3 is 9.52 Å². The number of nitrogens with zero attached hydrogens (tertiary/aromatic N) is 1. The summed E-state index contributed by atoms with van der Waals surface area (Å²) in [6.07, 6.45) is 0. The topological polar surface area (TPSA) is 119 Å². The maximum Gasteiger partial charge on any atom is 0.419 e. The van der Waals surface area contributed by atoms with E-state index in [9.17, 15) is 18.0 Å². The van der Waals surface area contributed by atoms with Crippen LogP contribution in [-0.4, -0.2) is 24.1 Å². The summed E-state index contributed by atoms with van der Waals surface area (Å²) in [6.45, 7) is 1.66. The maximum atomic E-state index is 12.6. The molecule has 3 rings (SSSR count). The molecule has 25 heavy (non-hydrogen) atoms. The number of aromatic carboxylic acids is 1. The molecule has 9 heteroatoms. The number of fused-ring (bicyclic) bond motifs is 1. The molecule has 0 fully saturated rings. The first-order chi connectivity index (χ1) is 11.7.